The second kappa shape index (κ2) is 20.4. The third-order valence-electron chi connectivity index (χ3n) is 15.1. The van der Waals surface area contributed by atoms with E-state index in [1.807, 2.05) is 5.57 Å². The number of hydrogen-bond acceptors (Lipinski definition) is 6. The van der Waals surface area contributed by atoms with E-state index in [-0.39, 0.29) is 22.3 Å². The minimum absolute atomic E-state index is 0.0562. The number of methoxy groups -OCH3 is 1. The Morgan fingerprint density at radius 1 is 0.800 bits per heavy atom. The molecular weight excluding hydrogens is 741 g/mol. The number of esters is 1. The predicted molar refractivity (Wildman–Crippen MR) is 245 cm³/mol. The van der Waals surface area contributed by atoms with E-state index in [4.69, 9.17) is 5.11 Å². The van der Waals surface area contributed by atoms with E-state index in [0.29, 0.717) is 6.04 Å². The zero-order valence-corrected chi connectivity index (χ0v) is 36.3. The molecule has 6 nitrogen and oxygen atoms in total. The number of carbonyl (C=O) groups is 1. The zero-order valence-electron chi connectivity index (χ0n) is 36.3. The van der Waals surface area contributed by atoms with Crippen molar-refractivity contribution in [3.05, 3.63) is 155 Å². The minimum Gasteiger partial charge on any atom is -0.507 e. The van der Waals surface area contributed by atoms with Crippen LogP contribution in [0, 0.1) is 29.1 Å². The van der Waals surface area contributed by atoms with Gasteiger partial charge >= 0.3 is 5.97 Å². The first-order chi connectivity index (χ1) is 29.2. The van der Waals surface area contributed by atoms with Crippen LogP contribution in [0.3, 0.4) is 0 Å². The van der Waals surface area contributed by atoms with E-state index in [0.717, 1.165) is 69.2 Å². The molecule has 0 aromatic heterocycles. The molecule has 1 saturated heterocycles. The van der Waals surface area contributed by atoms with Gasteiger partial charge < -0.3 is 14.9 Å². The normalized spacial score (nSPS) is 27.6. The largest absolute Gasteiger partial charge is 0.507 e. The number of carbonyl (C=O) groups excluding carboxylic acids is 1. The quantitative estimate of drug-likeness (QED) is 0.136. The number of ether oxygens (including phenoxy) is 1. The van der Waals surface area contributed by atoms with E-state index in [1.165, 1.54) is 87.3 Å². The van der Waals surface area contributed by atoms with Crippen LogP contribution in [0.5, 0.6) is 5.75 Å². The van der Waals surface area contributed by atoms with Crippen LogP contribution in [-0.2, 0) is 4.74 Å². The molecule has 0 radical (unpaired) electrons. The summed E-state index contributed by atoms with van der Waals surface area (Å²) < 4.78 is 4.42. The fourth-order valence-electron chi connectivity index (χ4n) is 11.7. The predicted octanol–water partition coefficient (Wildman–Crippen LogP) is 11.4. The lowest BCUT2D eigenvalue weighted by Gasteiger charge is -2.55. The summed E-state index contributed by atoms with van der Waals surface area (Å²) in [6.45, 7) is 10.0. The number of benzene rings is 4. The molecule has 0 bridgehead atoms. The molecule has 0 unspecified atom stereocenters. The number of aliphatic hydroxyl groups is 1. The molecule has 0 spiro atoms. The Morgan fingerprint density at radius 3 is 2.07 bits per heavy atom. The Kier molecular flexibility index (Phi) is 14.8. The van der Waals surface area contributed by atoms with E-state index in [9.17, 15) is 9.90 Å². The lowest BCUT2D eigenvalue weighted by Crippen LogP contribution is -2.52. The van der Waals surface area contributed by atoms with Crippen LogP contribution >= 0.6 is 0 Å². The maximum Gasteiger partial charge on any atom is 0.341 e. The average Bonchev–Trinajstić information content (AvgIpc) is 3.58. The van der Waals surface area contributed by atoms with Crippen molar-refractivity contribution in [2.45, 2.75) is 89.7 Å². The van der Waals surface area contributed by atoms with Crippen molar-refractivity contribution < 1.29 is 19.7 Å². The third-order valence-corrected chi connectivity index (χ3v) is 15.1. The van der Waals surface area contributed by atoms with Gasteiger partial charge in [0.1, 0.15) is 11.3 Å². The molecule has 318 valence electrons. The van der Waals surface area contributed by atoms with Gasteiger partial charge in [0.2, 0.25) is 0 Å². The molecule has 3 saturated carbocycles. The maximum absolute atomic E-state index is 11.2. The van der Waals surface area contributed by atoms with Crippen LogP contribution in [0.1, 0.15) is 111 Å². The standard InChI is InChI=1S/C26H28N2.C20H32O.C8H8O3/c1-4-11-23(12-5-1)13-10-18-27-19-21-28(22-20-27)26(24-14-6-2-7-15-24)25-16-8-3-9-17-25;1-3-20(21)13-11-18-17-9-8-14-6-4-5-7-15(14)16(17)10-12-19(18,20)2;1-11-8(10)6-4-2-3-5-7(6)9/h1-17,26H,18-22H2;6,15-18,21H,3-5,7-13H2,1-2H3;2-5,9H,1H3/b13-10+;;/t;15-,16+,17+,18-,19-,20-;/m.0./s1. The molecule has 4 fully saturated rings. The summed E-state index contributed by atoms with van der Waals surface area (Å²) in [6.07, 6.45) is 20.0. The van der Waals surface area contributed by atoms with E-state index in [1.54, 1.807) is 12.1 Å². The molecule has 1 aliphatic heterocycles. The first-order valence-electron chi connectivity index (χ1n) is 22.8. The van der Waals surface area contributed by atoms with E-state index in [2.05, 4.69) is 138 Å². The van der Waals surface area contributed by atoms with Crippen molar-refractivity contribution in [3.8, 4) is 5.75 Å². The molecule has 2 N–H and O–H groups in total. The van der Waals surface area contributed by atoms with Crippen molar-refractivity contribution in [2.24, 2.45) is 29.1 Å². The summed E-state index contributed by atoms with van der Waals surface area (Å²) in [5.41, 5.74) is 5.88. The van der Waals surface area contributed by atoms with Crippen molar-refractivity contribution in [1.29, 1.82) is 0 Å². The lowest BCUT2D eigenvalue weighted by atomic mass is 9.50. The molecule has 4 aromatic rings. The summed E-state index contributed by atoms with van der Waals surface area (Å²) in [5.74, 6) is 2.98. The highest BCUT2D eigenvalue weighted by atomic mass is 16.5. The van der Waals surface area contributed by atoms with Gasteiger partial charge in [0.05, 0.1) is 18.8 Å². The van der Waals surface area contributed by atoms with Crippen LogP contribution in [0.15, 0.2) is 133 Å². The smallest absolute Gasteiger partial charge is 0.341 e. The Morgan fingerprint density at radius 2 is 1.43 bits per heavy atom. The molecule has 60 heavy (non-hydrogen) atoms. The first-order valence-corrected chi connectivity index (χ1v) is 22.8. The molecule has 0 amide bonds. The first kappa shape index (κ1) is 43.6. The number of rotatable bonds is 8. The van der Waals surface area contributed by atoms with Gasteiger partial charge in [-0.05, 0) is 122 Å². The number of allylic oxidation sites excluding steroid dienone is 2. The second-order valence-corrected chi connectivity index (χ2v) is 18.1. The number of aromatic hydroxyl groups is 1. The number of nitrogens with zero attached hydrogens (tertiary/aromatic N) is 2. The SMILES string of the molecule is C(=C\c1ccccc1)/CN1CCN(C(c2ccccc2)c2ccccc2)CC1.CC[C@]1(O)CC[C@H]2[C@@H]3CCC4=CCCC[C@@H]4[C@H]3CC[C@@]21C.COC(=O)c1ccccc1O. The number of para-hydroxylation sites is 1. The van der Waals surface area contributed by atoms with Gasteiger partial charge in [0.25, 0.3) is 0 Å². The van der Waals surface area contributed by atoms with Crippen molar-refractivity contribution in [3.63, 3.8) is 0 Å². The third kappa shape index (κ3) is 9.83. The average molecular weight is 809 g/mol. The summed E-state index contributed by atoms with van der Waals surface area (Å²) in [5, 5.41) is 20.3. The van der Waals surface area contributed by atoms with Gasteiger partial charge in [-0.3, -0.25) is 9.80 Å². The monoisotopic (exact) mass is 809 g/mol. The molecule has 5 aliphatic rings. The summed E-state index contributed by atoms with van der Waals surface area (Å²) >= 11 is 0. The van der Waals surface area contributed by atoms with Gasteiger partial charge in [-0.2, -0.15) is 0 Å². The van der Waals surface area contributed by atoms with Gasteiger partial charge in [0.15, 0.2) is 0 Å². The number of fused-ring (bicyclic) bond motifs is 5. The van der Waals surface area contributed by atoms with Crippen LogP contribution in [0.25, 0.3) is 6.08 Å². The molecule has 6 atom stereocenters. The molecular formula is C54H68N2O4. The van der Waals surface area contributed by atoms with Crippen LogP contribution in [-0.4, -0.2) is 71.4 Å². The number of phenolic OH excluding ortho intramolecular Hbond substituents is 1. The Hall–Kier alpha value is -4.49. The van der Waals surface area contributed by atoms with Gasteiger partial charge in [-0.1, -0.05) is 141 Å². The Balaban J connectivity index is 0.000000149. The second-order valence-electron chi connectivity index (χ2n) is 18.1. The molecule has 6 heteroatoms. The van der Waals surface area contributed by atoms with Crippen LogP contribution in [0.4, 0.5) is 0 Å². The van der Waals surface area contributed by atoms with Crippen LogP contribution < -0.4 is 0 Å². The topological polar surface area (TPSA) is 73.2 Å². The minimum atomic E-state index is -0.525. The fourth-order valence-corrected chi connectivity index (χ4v) is 11.7. The van der Waals surface area contributed by atoms with Gasteiger partial charge in [-0.15, -0.1) is 0 Å². The van der Waals surface area contributed by atoms with Gasteiger partial charge in [0, 0.05) is 32.7 Å². The van der Waals surface area contributed by atoms with Crippen molar-refractivity contribution >= 4 is 12.0 Å². The highest BCUT2D eigenvalue weighted by Crippen LogP contribution is 2.65. The van der Waals surface area contributed by atoms with Crippen molar-refractivity contribution in [2.75, 3.05) is 39.8 Å². The maximum atomic E-state index is 11.2. The fraction of sp³-hybridized carbons (Fsp3) is 0.463. The van der Waals surface area contributed by atoms with E-state index < -0.39 is 5.97 Å². The van der Waals surface area contributed by atoms with E-state index >= 15 is 0 Å². The molecule has 4 aromatic carbocycles. The summed E-state index contributed by atoms with van der Waals surface area (Å²) in [4.78, 5) is 16.0. The number of hydrogen-bond donors (Lipinski definition) is 2. The molecule has 9 rings (SSSR count). The van der Waals surface area contributed by atoms with Gasteiger partial charge in [-0.25, -0.2) is 4.79 Å². The zero-order chi connectivity index (χ0) is 42.0. The molecule has 4 aliphatic carbocycles. The number of piperazine rings is 1. The Labute approximate surface area is 360 Å². The van der Waals surface area contributed by atoms with Crippen LogP contribution in [0.2, 0.25) is 0 Å². The van der Waals surface area contributed by atoms with Crippen molar-refractivity contribution in [1.82, 2.24) is 9.80 Å². The lowest BCUT2D eigenvalue weighted by molar-refractivity contribution is -0.119. The number of phenols is 1. The highest BCUT2D eigenvalue weighted by molar-refractivity contribution is 5.92. The summed E-state index contributed by atoms with van der Waals surface area (Å²) in [7, 11) is 1.27. The Bertz CT molecular complexity index is 1970. The molecule has 1 heterocycles. The summed E-state index contributed by atoms with van der Waals surface area (Å²) in [6, 6.07) is 38.9. The highest BCUT2D eigenvalue weighted by Gasteiger charge is 2.61.